The van der Waals surface area contributed by atoms with Gasteiger partial charge in [-0.1, -0.05) is 28.1 Å². The average molecular weight is 255 g/mol. The van der Waals surface area contributed by atoms with E-state index in [0.29, 0.717) is 0 Å². The van der Waals surface area contributed by atoms with Crippen LogP contribution in [0.4, 0.5) is 5.00 Å². The number of nitrogens with two attached hydrogens (primary N) is 1. The van der Waals surface area contributed by atoms with E-state index >= 15 is 0 Å². The van der Waals surface area contributed by atoms with E-state index in [9.17, 15) is 0 Å². The van der Waals surface area contributed by atoms with E-state index in [-0.39, 0.29) is 0 Å². The van der Waals surface area contributed by atoms with Gasteiger partial charge in [0.15, 0.2) is 0 Å². The van der Waals surface area contributed by atoms with Crippen LogP contribution in [0.1, 0.15) is 0 Å². The summed E-state index contributed by atoms with van der Waals surface area (Å²) in [6.07, 6.45) is 0. The van der Waals surface area contributed by atoms with E-state index in [0.717, 1.165) is 20.7 Å². The zero-order chi connectivity index (χ0) is 9.26. The fourth-order valence-corrected chi connectivity index (χ4v) is 2.06. The van der Waals surface area contributed by atoms with Crippen molar-refractivity contribution in [1.29, 1.82) is 0 Å². The number of hydrogen-bond donors (Lipinski definition) is 1. The Labute approximate surface area is 88.6 Å². The minimum Gasteiger partial charge on any atom is -0.389 e. The van der Waals surface area contributed by atoms with Crippen LogP contribution in [-0.4, -0.2) is 4.98 Å². The molecule has 1 aromatic carbocycles. The number of thiazole rings is 1. The van der Waals surface area contributed by atoms with Gasteiger partial charge in [0.05, 0.1) is 5.51 Å². The number of anilines is 1. The van der Waals surface area contributed by atoms with Gasteiger partial charge in [-0.15, -0.1) is 11.3 Å². The van der Waals surface area contributed by atoms with Crippen molar-refractivity contribution in [2.45, 2.75) is 0 Å². The maximum atomic E-state index is 5.76. The molecule has 0 bridgehead atoms. The van der Waals surface area contributed by atoms with E-state index in [1.54, 1.807) is 5.51 Å². The molecule has 0 saturated heterocycles. The van der Waals surface area contributed by atoms with Crippen LogP contribution in [0.3, 0.4) is 0 Å². The summed E-state index contributed by atoms with van der Waals surface area (Å²) >= 11 is 4.86. The second kappa shape index (κ2) is 3.47. The maximum Gasteiger partial charge on any atom is 0.114 e. The number of nitrogen functional groups attached to an aromatic ring is 1. The monoisotopic (exact) mass is 254 g/mol. The van der Waals surface area contributed by atoms with Crippen LogP contribution in [0.2, 0.25) is 0 Å². The normalized spacial score (nSPS) is 10.2. The number of nitrogens with zero attached hydrogens (tertiary/aromatic N) is 1. The molecule has 66 valence electrons. The Morgan fingerprint density at radius 3 is 2.85 bits per heavy atom. The first-order valence-corrected chi connectivity index (χ1v) is 5.39. The topological polar surface area (TPSA) is 38.9 Å². The van der Waals surface area contributed by atoms with Crippen molar-refractivity contribution in [3.63, 3.8) is 0 Å². The summed E-state index contributed by atoms with van der Waals surface area (Å²) in [5.41, 5.74) is 9.44. The predicted octanol–water partition coefficient (Wildman–Crippen LogP) is 3.15. The molecule has 1 aromatic heterocycles. The first-order valence-electron chi connectivity index (χ1n) is 3.72. The second-order valence-electron chi connectivity index (χ2n) is 2.58. The van der Waals surface area contributed by atoms with Crippen LogP contribution >= 0.6 is 27.3 Å². The Bertz CT molecular complexity index is 425. The van der Waals surface area contributed by atoms with Crippen LogP contribution < -0.4 is 5.73 Å². The molecule has 0 aliphatic carbocycles. The van der Waals surface area contributed by atoms with Crippen molar-refractivity contribution < 1.29 is 0 Å². The Hall–Kier alpha value is -0.870. The van der Waals surface area contributed by atoms with Crippen LogP contribution in [0.15, 0.2) is 34.2 Å². The first-order chi connectivity index (χ1) is 6.27. The first kappa shape index (κ1) is 8.72. The van der Waals surface area contributed by atoms with Gasteiger partial charge in [0.2, 0.25) is 0 Å². The van der Waals surface area contributed by atoms with Crippen LogP contribution in [0, 0.1) is 0 Å². The average Bonchev–Trinajstić information content (AvgIpc) is 2.51. The summed E-state index contributed by atoms with van der Waals surface area (Å²) in [5.74, 6) is 0. The standard InChI is InChI=1S/C9H7BrN2S/c10-7-3-1-2-6(4-7)8-9(11)13-5-12-8/h1-5H,11H2. The Morgan fingerprint density at radius 2 is 2.23 bits per heavy atom. The molecule has 2 aromatic rings. The SMILES string of the molecule is Nc1scnc1-c1cccc(Br)c1. The van der Waals surface area contributed by atoms with E-state index < -0.39 is 0 Å². The van der Waals surface area contributed by atoms with Gasteiger partial charge in [-0.05, 0) is 12.1 Å². The Kier molecular flexibility index (Phi) is 2.33. The fraction of sp³-hybridized carbons (Fsp3) is 0. The molecule has 0 aliphatic rings. The molecule has 4 heteroatoms. The van der Waals surface area contributed by atoms with Gasteiger partial charge < -0.3 is 5.73 Å². The molecule has 13 heavy (non-hydrogen) atoms. The van der Waals surface area contributed by atoms with Gasteiger partial charge in [0.25, 0.3) is 0 Å². The van der Waals surface area contributed by atoms with Crippen molar-refractivity contribution in [2.24, 2.45) is 0 Å². The zero-order valence-electron chi connectivity index (χ0n) is 6.70. The number of halogens is 1. The lowest BCUT2D eigenvalue weighted by Gasteiger charge is -1.98. The third kappa shape index (κ3) is 1.73. The maximum absolute atomic E-state index is 5.76. The molecule has 1 heterocycles. The minimum atomic E-state index is 0.762. The molecule has 2 N–H and O–H groups in total. The molecule has 0 spiro atoms. The highest BCUT2D eigenvalue weighted by molar-refractivity contribution is 9.10. The molecular formula is C9H7BrN2S. The van der Waals surface area contributed by atoms with Crippen LogP contribution in [-0.2, 0) is 0 Å². The molecule has 0 amide bonds. The van der Waals surface area contributed by atoms with Crippen molar-refractivity contribution >= 4 is 32.3 Å². The third-order valence-electron chi connectivity index (χ3n) is 1.69. The summed E-state index contributed by atoms with van der Waals surface area (Å²) in [6.45, 7) is 0. The van der Waals surface area contributed by atoms with Crippen molar-refractivity contribution in [3.8, 4) is 11.3 Å². The van der Waals surface area contributed by atoms with Gasteiger partial charge in [0.1, 0.15) is 10.7 Å². The minimum absolute atomic E-state index is 0.762. The van der Waals surface area contributed by atoms with E-state index in [1.807, 2.05) is 24.3 Å². The van der Waals surface area contributed by atoms with E-state index in [4.69, 9.17) is 5.73 Å². The van der Waals surface area contributed by atoms with Crippen LogP contribution in [0.5, 0.6) is 0 Å². The molecule has 2 rings (SSSR count). The van der Waals surface area contributed by atoms with E-state index in [1.165, 1.54) is 11.3 Å². The van der Waals surface area contributed by atoms with Gasteiger partial charge in [0, 0.05) is 10.0 Å². The predicted molar refractivity (Wildman–Crippen MR) is 59.7 cm³/mol. The highest BCUT2D eigenvalue weighted by Crippen LogP contribution is 2.28. The molecule has 0 unspecified atom stereocenters. The summed E-state index contributed by atoms with van der Waals surface area (Å²) in [5, 5.41) is 0.762. The number of hydrogen-bond acceptors (Lipinski definition) is 3. The summed E-state index contributed by atoms with van der Waals surface area (Å²) in [4.78, 5) is 4.20. The van der Waals surface area contributed by atoms with Crippen molar-refractivity contribution in [2.75, 3.05) is 5.73 Å². The van der Waals surface area contributed by atoms with E-state index in [2.05, 4.69) is 20.9 Å². The van der Waals surface area contributed by atoms with Crippen molar-refractivity contribution in [1.82, 2.24) is 4.98 Å². The summed E-state index contributed by atoms with van der Waals surface area (Å²) in [7, 11) is 0. The van der Waals surface area contributed by atoms with Crippen molar-refractivity contribution in [3.05, 3.63) is 34.2 Å². The number of rotatable bonds is 1. The lowest BCUT2D eigenvalue weighted by molar-refractivity contribution is 1.41. The van der Waals surface area contributed by atoms with Gasteiger partial charge in [-0.2, -0.15) is 0 Å². The Morgan fingerprint density at radius 1 is 1.38 bits per heavy atom. The van der Waals surface area contributed by atoms with Gasteiger partial charge in [-0.3, -0.25) is 0 Å². The van der Waals surface area contributed by atoms with Crippen LogP contribution in [0.25, 0.3) is 11.3 Å². The largest absolute Gasteiger partial charge is 0.389 e. The smallest absolute Gasteiger partial charge is 0.114 e. The van der Waals surface area contributed by atoms with Gasteiger partial charge >= 0.3 is 0 Å². The molecule has 2 nitrogen and oxygen atoms in total. The van der Waals surface area contributed by atoms with Gasteiger partial charge in [-0.25, -0.2) is 4.98 Å². The number of aromatic nitrogens is 1. The highest BCUT2D eigenvalue weighted by Gasteiger charge is 2.04. The molecule has 0 fully saturated rings. The summed E-state index contributed by atoms with van der Waals surface area (Å²) in [6, 6.07) is 7.95. The zero-order valence-corrected chi connectivity index (χ0v) is 9.10. The quantitative estimate of drug-likeness (QED) is 0.850. The lowest BCUT2D eigenvalue weighted by atomic mass is 10.2. The molecule has 0 saturated carbocycles. The molecular weight excluding hydrogens is 248 g/mol. The fourth-order valence-electron chi connectivity index (χ4n) is 1.11. The molecule has 0 radical (unpaired) electrons. The molecule has 0 aliphatic heterocycles. The Balaban J connectivity index is 2.53. The summed E-state index contributed by atoms with van der Waals surface area (Å²) < 4.78 is 1.04. The second-order valence-corrected chi connectivity index (χ2v) is 4.38. The number of benzene rings is 1. The lowest BCUT2D eigenvalue weighted by Crippen LogP contribution is -1.85. The highest BCUT2D eigenvalue weighted by atomic mass is 79.9. The molecule has 0 atom stereocenters. The third-order valence-corrected chi connectivity index (χ3v) is 2.84.